The Morgan fingerprint density at radius 3 is 1.83 bits per heavy atom. The molecule has 0 bridgehead atoms. The van der Waals surface area contributed by atoms with Crippen molar-refractivity contribution in [3.8, 4) is 11.1 Å². The number of carbonyl (C=O) groups is 2. The lowest BCUT2D eigenvalue weighted by molar-refractivity contribution is 0.0985. The van der Waals surface area contributed by atoms with E-state index in [1.807, 2.05) is 54.6 Å². The third-order valence-electron chi connectivity index (χ3n) is 3.80. The first-order valence-electron chi connectivity index (χ1n) is 7.72. The molecular formula is C21H17NO2. The molecule has 0 saturated carbocycles. The number of nitrogens with one attached hydrogen (secondary N) is 1. The van der Waals surface area contributed by atoms with Crippen molar-refractivity contribution in [3.05, 3.63) is 90.0 Å². The molecule has 0 radical (unpaired) electrons. The highest BCUT2D eigenvalue weighted by Crippen LogP contribution is 2.21. The average Bonchev–Trinajstić information content (AvgIpc) is 2.63. The Hall–Kier alpha value is -3.20. The van der Waals surface area contributed by atoms with Gasteiger partial charge in [0.2, 0.25) is 0 Å². The zero-order valence-corrected chi connectivity index (χ0v) is 13.3. The minimum Gasteiger partial charge on any atom is -0.322 e. The van der Waals surface area contributed by atoms with E-state index in [2.05, 4.69) is 5.32 Å². The zero-order chi connectivity index (χ0) is 16.9. The van der Waals surface area contributed by atoms with Gasteiger partial charge in [0, 0.05) is 11.3 Å². The summed E-state index contributed by atoms with van der Waals surface area (Å²) in [6, 6.07) is 24.5. The molecule has 0 aromatic heterocycles. The maximum Gasteiger partial charge on any atom is 0.256 e. The van der Waals surface area contributed by atoms with Gasteiger partial charge in [0.05, 0.1) is 5.56 Å². The van der Waals surface area contributed by atoms with Gasteiger partial charge in [0.1, 0.15) is 0 Å². The average molecular weight is 315 g/mol. The molecule has 24 heavy (non-hydrogen) atoms. The summed E-state index contributed by atoms with van der Waals surface area (Å²) in [6.45, 7) is 1.46. The first-order valence-corrected chi connectivity index (χ1v) is 7.72. The van der Waals surface area contributed by atoms with Crippen LogP contribution < -0.4 is 5.32 Å². The second-order valence-corrected chi connectivity index (χ2v) is 5.50. The summed E-state index contributed by atoms with van der Waals surface area (Å²) in [7, 11) is 0. The van der Waals surface area contributed by atoms with E-state index in [-0.39, 0.29) is 11.7 Å². The van der Waals surface area contributed by atoms with E-state index in [4.69, 9.17) is 0 Å². The van der Waals surface area contributed by atoms with Crippen LogP contribution in [0.4, 0.5) is 5.69 Å². The summed E-state index contributed by atoms with van der Waals surface area (Å²) in [5.41, 5.74) is 3.71. The van der Waals surface area contributed by atoms with Crippen LogP contribution in [0.3, 0.4) is 0 Å². The number of anilines is 1. The Labute approximate surface area is 141 Å². The molecule has 3 aromatic rings. The fourth-order valence-electron chi connectivity index (χ4n) is 2.56. The van der Waals surface area contributed by atoms with Gasteiger partial charge in [-0.2, -0.15) is 0 Å². The summed E-state index contributed by atoms with van der Waals surface area (Å²) in [4.78, 5) is 24.1. The number of benzene rings is 3. The highest BCUT2D eigenvalue weighted by atomic mass is 16.2. The summed E-state index contributed by atoms with van der Waals surface area (Å²) in [5.74, 6) is -0.409. The molecule has 3 rings (SSSR count). The van der Waals surface area contributed by atoms with E-state index in [0.717, 1.165) is 11.1 Å². The van der Waals surface area contributed by atoms with E-state index >= 15 is 0 Å². The topological polar surface area (TPSA) is 46.2 Å². The summed E-state index contributed by atoms with van der Waals surface area (Å²) < 4.78 is 0. The Kier molecular flexibility index (Phi) is 4.52. The van der Waals surface area contributed by atoms with E-state index in [9.17, 15) is 9.59 Å². The van der Waals surface area contributed by atoms with E-state index in [1.54, 1.807) is 24.3 Å². The molecule has 0 aliphatic heterocycles. The normalized spacial score (nSPS) is 10.2. The lowest BCUT2D eigenvalue weighted by atomic mass is 10.0. The first-order chi connectivity index (χ1) is 11.6. The highest BCUT2D eigenvalue weighted by Gasteiger charge is 2.13. The van der Waals surface area contributed by atoms with Crippen LogP contribution in [0.5, 0.6) is 0 Å². The summed E-state index contributed by atoms with van der Waals surface area (Å²) in [6.07, 6.45) is 0. The van der Waals surface area contributed by atoms with E-state index in [0.29, 0.717) is 16.8 Å². The van der Waals surface area contributed by atoms with Crippen LogP contribution >= 0.6 is 0 Å². The standard InChI is InChI=1S/C21H17NO2/c1-15(23)19-9-5-6-10-20(19)21(24)22-18-13-11-17(12-14-18)16-7-3-2-4-8-16/h2-14H,1H3,(H,22,24). The van der Waals surface area contributed by atoms with Gasteiger partial charge in [-0.15, -0.1) is 0 Å². The number of carbonyl (C=O) groups excluding carboxylic acids is 2. The number of Topliss-reactive ketones (excluding diaryl/α,β-unsaturated/α-hetero) is 1. The second kappa shape index (κ2) is 6.92. The Morgan fingerprint density at radius 2 is 1.21 bits per heavy atom. The molecule has 3 nitrogen and oxygen atoms in total. The molecule has 0 aliphatic rings. The van der Waals surface area contributed by atoms with Crippen LogP contribution in [0.1, 0.15) is 27.6 Å². The van der Waals surface area contributed by atoms with Crippen LogP contribution in [0.15, 0.2) is 78.9 Å². The molecule has 0 saturated heterocycles. The van der Waals surface area contributed by atoms with E-state index in [1.165, 1.54) is 6.92 Å². The minimum atomic E-state index is -0.284. The van der Waals surface area contributed by atoms with Crippen molar-refractivity contribution in [2.24, 2.45) is 0 Å². The molecule has 118 valence electrons. The van der Waals surface area contributed by atoms with Crippen molar-refractivity contribution >= 4 is 17.4 Å². The van der Waals surface area contributed by atoms with Crippen LogP contribution in [-0.2, 0) is 0 Å². The lowest BCUT2D eigenvalue weighted by Crippen LogP contribution is -2.15. The number of amides is 1. The van der Waals surface area contributed by atoms with E-state index < -0.39 is 0 Å². The summed E-state index contributed by atoms with van der Waals surface area (Å²) >= 11 is 0. The van der Waals surface area contributed by atoms with Gasteiger partial charge in [-0.05, 0) is 36.2 Å². The fraction of sp³-hybridized carbons (Fsp3) is 0.0476. The Bertz CT molecular complexity index is 868. The van der Waals surface area contributed by atoms with Crippen molar-refractivity contribution in [2.45, 2.75) is 6.92 Å². The largest absolute Gasteiger partial charge is 0.322 e. The molecule has 0 atom stereocenters. The van der Waals surface area contributed by atoms with Crippen molar-refractivity contribution in [2.75, 3.05) is 5.32 Å². The third-order valence-corrected chi connectivity index (χ3v) is 3.80. The van der Waals surface area contributed by atoms with Crippen molar-refractivity contribution in [1.82, 2.24) is 0 Å². The Morgan fingerprint density at radius 1 is 0.667 bits per heavy atom. The predicted molar refractivity (Wildman–Crippen MR) is 96.3 cm³/mol. The molecule has 3 aromatic carbocycles. The van der Waals surface area contributed by atoms with Gasteiger partial charge in [-0.3, -0.25) is 9.59 Å². The Balaban J connectivity index is 1.80. The van der Waals surface area contributed by atoms with Crippen LogP contribution in [0.2, 0.25) is 0 Å². The van der Waals surface area contributed by atoms with Crippen molar-refractivity contribution in [3.63, 3.8) is 0 Å². The minimum absolute atomic E-state index is 0.125. The number of ketones is 1. The predicted octanol–water partition coefficient (Wildman–Crippen LogP) is 4.81. The van der Waals surface area contributed by atoms with Crippen molar-refractivity contribution in [1.29, 1.82) is 0 Å². The smallest absolute Gasteiger partial charge is 0.256 e. The van der Waals surface area contributed by atoms with Crippen molar-refractivity contribution < 1.29 is 9.59 Å². The SMILES string of the molecule is CC(=O)c1ccccc1C(=O)Nc1ccc(-c2ccccc2)cc1. The van der Waals surface area contributed by atoms with Crippen LogP contribution in [0.25, 0.3) is 11.1 Å². The number of hydrogen-bond donors (Lipinski definition) is 1. The number of rotatable bonds is 4. The molecule has 0 aliphatic carbocycles. The molecule has 0 unspecified atom stereocenters. The molecule has 0 heterocycles. The molecule has 3 heteroatoms. The second-order valence-electron chi connectivity index (χ2n) is 5.50. The van der Waals surface area contributed by atoms with Gasteiger partial charge in [-0.25, -0.2) is 0 Å². The fourth-order valence-corrected chi connectivity index (χ4v) is 2.56. The van der Waals surface area contributed by atoms with Gasteiger partial charge >= 0.3 is 0 Å². The molecule has 1 N–H and O–H groups in total. The molecular weight excluding hydrogens is 298 g/mol. The van der Waals surface area contributed by atoms with Gasteiger partial charge in [-0.1, -0.05) is 60.7 Å². The van der Waals surface area contributed by atoms with Crippen LogP contribution in [-0.4, -0.2) is 11.7 Å². The lowest BCUT2D eigenvalue weighted by Gasteiger charge is -2.09. The summed E-state index contributed by atoms with van der Waals surface area (Å²) in [5, 5.41) is 2.84. The van der Waals surface area contributed by atoms with Crippen LogP contribution in [0, 0.1) is 0 Å². The molecule has 0 spiro atoms. The maximum atomic E-state index is 12.4. The van der Waals surface area contributed by atoms with Gasteiger partial charge < -0.3 is 5.32 Å². The quantitative estimate of drug-likeness (QED) is 0.702. The molecule has 1 amide bonds. The van der Waals surface area contributed by atoms with Gasteiger partial charge in [0.15, 0.2) is 5.78 Å². The monoisotopic (exact) mass is 315 g/mol. The highest BCUT2D eigenvalue weighted by molar-refractivity contribution is 6.12. The van der Waals surface area contributed by atoms with Gasteiger partial charge in [0.25, 0.3) is 5.91 Å². The zero-order valence-electron chi connectivity index (χ0n) is 13.3. The third kappa shape index (κ3) is 3.41. The molecule has 0 fully saturated rings. The maximum absolute atomic E-state index is 12.4. The number of hydrogen-bond acceptors (Lipinski definition) is 2. The first kappa shape index (κ1) is 15.7.